The third-order valence-electron chi connectivity index (χ3n) is 2.35. The Kier molecular flexibility index (Phi) is 3.11. The van der Waals surface area contributed by atoms with Crippen LogP contribution in [0.15, 0.2) is 5.16 Å². The lowest BCUT2D eigenvalue weighted by atomic mass is 10.2. The molecular weight excluding hydrogens is 170 g/mol. The second-order valence-corrected chi connectivity index (χ2v) is 3.78. The molecule has 0 spiro atoms. The van der Waals surface area contributed by atoms with E-state index >= 15 is 0 Å². The number of amidine groups is 1. The van der Waals surface area contributed by atoms with Crippen molar-refractivity contribution in [3.05, 3.63) is 0 Å². The first-order valence-corrected chi connectivity index (χ1v) is 4.47. The molecular formula is C8H17N3O2. The van der Waals surface area contributed by atoms with E-state index in [0.717, 1.165) is 12.8 Å². The number of oxime groups is 1. The summed E-state index contributed by atoms with van der Waals surface area (Å²) in [6.45, 7) is 2.11. The minimum absolute atomic E-state index is 0.0881. The van der Waals surface area contributed by atoms with Crippen LogP contribution in [0.5, 0.6) is 0 Å². The van der Waals surface area contributed by atoms with Crippen molar-refractivity contribution in [2.75, 3.05) is 6.61 Å². The molecule has 1 unspecified atom stereocenters. The van der Waals surface area contributed by atoms with Crippen LogP contribution in [0.25, 0.3) is 0 Å². The number of hydrogen-bond acceptors (Lipinski definition) is 4. The van der Waals surface area contributed by atoms with E-state index in [9.17, 15) is 0 Å². The molecule has 0 bridgehead atoms. The Labute approximate surface area is 77.6 Å². The van der Waals surface area contributed by atoms with E-state index in [-0.39, 0.29) is 24.0 Å². The van der Waals surface area contributed by atoms with Gasteiger partial charge in [0.25, 0.3) is 0 Å². The maximum Gasteiger partial charge on any atom is 0.140 e. The van der Waals surface area contributed by atoms with Gasteiger partial charge in [-0.1, -0.05) is 5.16 Å². The molecule has 0 radical (unpaired) electrons. The van der Waals surface area contributed by atoms with Crippen molar-refractivity contribution in [3.63, 3.8) is 0 Å². The molecule has 1 aliphatic rings. The molecule has 0 aliphatic heterocycles. The van der Waals surface area contributed by atoms with Gasteiger partial charge in [-0.2, -0.15) is 0 Å². The fourth-order valence-electron chi connectivity index (χ4n) is 1.43. The number of rotatable bonds is 5. The van der Waals surface area contributed by atoms with Gasteiger partial charge >= 0.3 is 0 Å². The highest BCUT2D eigenvalue weighted by Gasteiger charge is 2.42. The van der Waals surface area contributed by atoms with Gasteiger partial charge in [-0.05, 0) is 19.8 Å². The molecule has 1 saturated carbocycles. The zero-order valence-electron chi connectivity index (χ0n) is 7.82. The summed E-state index contributed by atoms with van der Waals surface area (Å²) in [5.41, 5.74) is 5.26. The number of aliphatic hydroxyl groups excluding tert-OH is 1. The van der Waals surface area contributed by atoms with E-state index in [2.05, 4.69) is 10.5 Å². The molecule has 1 fully saturated rings. The Balaban J connectivity index is 2.29. The second kappa shape index (κ2) is 3.93. The molecule has 0 aromatic heterocycles. The van der Waals surface area contributed by atoms with Crippen molar-refractivity contribution in [1.82, 2.24) is 5.32 Å². The fourth-order valence-corrected chi connectivity index (χ4v) is 1.43. The van der Waals surface area contributed by atoms with Crippen molar-refractivity contribution in [1.29, 1.82) is 0 Å². The van der Waals surface area contributed by atoms with Gasteiger partial charge in [-0.15, -0.1) is 0 Å². The Morgan fingerprint density at radius 3 is 2.69 bits per heavy atom. The Morgan fingerprint density at radius 2 is 2.31 bits per heavy atom. The van der Waals surface area contributed by atoms with Crippen LogP contribution in [0.3, 0.4) is 0 Å². The summed E-state index contributed by atoms with van der Waals surface area (Å²) in [5, 5.41) is 23.5. The van der Waals surface area contributed by atoms with Crippen LogP contribution in [0.2, 0.25) is 0 Å². The molecule has 1 aliphatic carbocycles. The van der Waals surface area contributed by atoms with E-state index in [1.807, 2.05) is 6.92 Å². The van der Waals surface area contributed by atoms with Gasteiger partial charge in [0, 0.05) is 18.0 Å². The minimum atomic E-state index is -0.0881. The molecule has 1 rings (SSSR count). The van der Waals surface area contributed by atoms with Crippen LogP contribution in [0.4, 0.5) is 0 Å². The lowest BCUT2D eigenvalue weighted by Crippen LogP contribution is -2.42. The molecule has 0 saturated heterocycles. The van der Waals surface area contributed by atoms with Gasteiger partial charge in [0.15, 0.2) is 0 Å². The summed E-state index contributed by atoms with van der Waals surface area (Å²) in [7, 11) is 0. The molecule has 13 heavy (non-hydrogen) atoms. The highest BCUT2D eigenvalue weighted by molar-refractivity contribution is 5.80. The van der Waals surface area contributed by atoms with Gasteiger partial charge in [0.05, 0.1) is 6.61 Å². The van der Waals surface area contributed by atoms with Crippen molar-refractivity contribution >= 4 is 5.84 Å². The lowest BCUT2D eigenvalue weighted by Gasteiger charge is -2.20. The predicted octanol–water partition coefficient (Wildman–Crippen LogP) is -0.374. The second-order valence-electron chi connectivity index (χ2n) is 3.78. The molecule has 0 amide bonds. The monoisotopic (exact) mass is 187 g/mol. The third-order valence-corrected chi connectivity index (χ3v) is 2.35. The van der Waals surface area contributed by atoms with E-state index in [1.54, 1.807) is 0 Å². The fraction of sp³-hybridized carbons (Fsp3) is 0.875. The van der Waals surface area contributed by atoms with Gasteiger partial charge in [-0.3, -0.25) is 0 Å². The van der Waals surface area contributed by atoms with Crippen LogP contribution >= 0.6 is 0 Å². The Hall–Kier alpha value is -0.810. The van der Waals surface area contributed by atoms with E-state index in [4.69, 9.17) is 16.0 Å². The van der Waals surface area contributed by atoms with Crippen LogP contribution in [-0.2, 0) is 0 Å². The summed E-state index contributed by atoms with van der Waals surface area (Å²) in [6.07, 6.45) is 2.51. The maximum absolute atomic E-state index is 9.02. The van der Waals surface area contributed by atoms with Crippen LogP contribution in [-0.4, -0.2) is 34.3 Å². The molecule has 0 heterocycles. The zero-order chi connectivity index (χ0) is 9.90. The lowest BCUT2D eigenvalue weighted by molar-refractivity contribution is 0.221. The van der Waals surface area contributed by atoms with Crippen LogP contribution in [0.1, 0.15) is 26.2 Å². The Bertz CT molecular complexity index is 202. The quantitative estimate of drug-likeness (QED) is 0.204. The summed E-state index contributed by atoms with van der Waals surface area (Å²) >= 11 is 0. The molecule has 0 aromatic rings. The number of nitrogens with one attached hydrogen (secondary N) is 1. The van der Waals surface area contributed by atoms with Gasteiger partial charge in [-0.25, -0.2) is 0 Å². The Morgan fingerprint density at radius 1 is 1.69 bits per heavy atom. The maximum atomic E-state index is 9.02. The molecule has 5 nitrogen and oxygen atoms in total. The third kappa shape index (κ3) is 2.86. The van der Waals surface area contributed by atoms with Crippen molar-refractivity contribution in [3.8, 4) is 0 Å². The van der Waals surface area contributed by atoms with E-state index < -0.39 is 0 Å². The highest BCUT2D eigenvalue weighted by Crippen LogP contribution is 2.35. The highest BCUT2D eigenvalue weighted by atomic mass is 16.4. The van der Waals surface area contributed by atoms with Crippen LogP contribution < -0.4 is 11.1 Å². The largest absolute Gasteiger partial charge is 0.409 e. The number of nitrogens with two attached hydrogens (primary N) is 1. The number of aliphatic hydroxyl groups is 1. The average Bonchev–Trinajstić information content (AvgIpc) is 2.85. The summed E-state index contributed by atoms with van der Waals surface area (Å²) in [5.74, 6) is 0.216. The minimum Gasteiger partial charge on any atom is -0.409 e. The van der Waals surface area contributed by atoms with Crippen molar-refractivity contribution in [2.45, 2.75) is 37.8 Å². The van der Waals surface area contributed by atoms with Gasteiger partial charge in [0.2, 0.25) is 0 Å². The summed E-state index contributed by atoms with van der Waals surface area (Å²) in [4.78, 5) is 0. The normalized spacial score (nSPS) is 22.8. The smallest absolute Gasteiger partial charge is 0.140 e. The van der Waals surface area contributed by atoms with Gasteiger partial charge < -0.3 is 21.4 Å². The standard InChI is InChI=1S/C8H17N3O2/c1-6(4-7(9)11-13)10-8(5-12)2-3-8/h6,10,12-13H,2-5H2,1H3,(H2,9,11). The predicted molar refractivity (Wildman–Crippen MR) is 49.7 cm³/mol. The molecule has 76 valence electrons. The van der Waals surface area contributed by atoms with Crippen molar-refractivity contribution < 1.29 is 10.3 Å². The first kappa shape index (κ1) is 10.3. The summed E-state index contributed by atoms with van der Waals surface area (Å²) in [6, 6.07) is 0.130. The van der Waals surface area contributed by atoms with Crippen molar-refractivity contribution in [2.24, 2.45) is 10.9 Å². The molecule has 5 heteroatoms. The molecule has 5 N–H and O–H groups in total. The molecule has 0 aromatic carbocycles. The van der Waals surface area contributed by atoms with Crippen LogP contribution in [0, 0.1) is 0 Å². The van der Waals surface area contributed by atoms with E-state index in [1.165, 1.54) is 0 Å². The zero-order valence-corrected chi connectivity index (χ0v) is 7.82. The number of nitrogens with zero attached hydrogens (tertiary/aromatic N) is 1. The average molecular weight is 187 g/mol. The number of hydrogen-bond donors (Lipinski definition) is 4. The SMILES string of the molecule is CC(CC(N)=NO)NC1(CO)CC1. The van der Waals surface area contributed by atoms with Gasteiger partial charge in [0.1, 0.15) is 5.84 Å². The topological polar surface area (TPSA) is 90.9 Å². The first-order valence-electron chi connectivity index (χ1n) is 4.47. The first-order chi connectivity index (χ1) is 6.12. The molecule has 1 atom stereocenters. The van der Waals surface area contributed by atoms with E-state index in [0.29, 0.717) is 6.42 Å². The summed E-state index contributed by atoms with van der Waals surface area (Å²) < 4.78 is 0.